The summed E-state index contributed by atoms with van der Waals surface area (Å²) in [5.41, 5.74) is 3.92. The van der Waals surface area contributed by atoms with E-state index < -0.39 is 0 Å². The van der Waals surface area contributed by atoms with Crippen LogP contribution in [0.1, 0.15) is 29.7 Å². The van der Waals surface area contributed by atoms with Gasteiger partial charge in [0.15, 0.2) is 0 Å². The van der Waals surface area contributed by atoms with E-state index in [0.717, 1.165) is 22.5 Å². The monoisotopic (exact) mass is 351 g/mol. The highest BCUT2D eigenvalue weighted by Gasteiger charge is 2.13. The second-order valence-corrected chi connectivity index (χ2v) is 6.30. The van der Waals surface area contributed by atoms with Crippen molar-refractivity contribution in [3.63, 3.8) is 0 Å². The minimum absolute atomic E-state index is 0.274. The lowest BCUT2D eigenvalue weighted by Crippen LogP contribution is -2.23. The van der Waals surface area contributed by atoms with E-state index in [2.05, 4.69) is 65.4 Å². The van der Waals surface area contributed by atoms with Crippen LogP contribution in [0.25, 0.3) is 0 Å². The predicted molar refractivity (Wildman–Crippen MR) is 90.5 cm³/mol. The van der Waals surface area contributed by atoms with Gasteiger partial charge in [0.2, 0.25) is 0 Å². The minimum Gasteiger partial charge on any atom is -0.310 e. The summed E-state index contributed by atoms with van der Waals surface area (Å²) in [6, 6.07) is 14.9. The van der Waals surface area contributed by atoms with E-state index in [4.69, 9.17) is 11.6 Å². The predicted octanol–water partition coefficient (Wildman–Crippen LogP) is 5.30. The molecule has 1 atom stereocenters. The van der Waals surface area contributed by atoms with Gasteiger partial charge in [-0.05, 0) is 54.8 Å². The first-order valence-electron chi connectivity index (χ1n) is 6.84. The second-order valence-electron chi connectivity index (χ2n) is 4.94. The molecule has 0 amide bonds. The summed E-state index contributed by atoms with van der Waals surface area (Å²) in [5, 5.41) is 4.32. The molecular weight excluding hydrogens is 334 g/mol. The fourth-order valence-electron chi connectivity index (χ4n) is 2.39. The molecule has 0 fully saturated rings. The first-order valence-corrected chi connectivity index (χ1v) is 8.01. The Balaban J connectivity index is 2.29. The zero-order chi connectivity index (χ0) is 14.5. The molecule has 0 saturated carbocycles. The molecule has 0 aliphatic rings. The minimum atomic E-state index is 0.274. The van der Waals surface area contributed by atoms with Crippen LogP contribution in [0.2, 0.25) is 5.02 Å². The summed E-state index contributed by atoms with van der Waals surface area (Å²) in [6.07, 6.45) is 0.966. The van der Waals surface area contributed by atoms with E-state index in [0.29, 0.717) is 0 Å². The van der Waals surface area contributed by atoms with E-state index in [-0.39, 0.29) is 6.04 Å². The Labute approximate surface area is 134 Å². The summed E-state index contributed by atoms with van der Waals surface area (Å²) >= 11 is 9.69. The van der Waals surface area contributed by atoms with Crippen LogP contribution in [0.5, 0.6) is 0 Å². The first kappa shape index (κ1) is 15.6. The summed E-state index contributed by atoms with van der Waals surface area (Å²) < 4.78 is 1.02. The highest BCUT2D eigenvalue weighted by molar-refractivity contribution is 9.10. The molecule has 0 radical (unpaired) electrons. The van der Waals surface area contributed by atoms with Gasteiger partial charge in [-0.3, -0.25) is 0 Å². The number of aryl methyl sites for hydroxylation is 1. The van der Waals surface area contributed by atoms with Crippen LogP contribution in [-0.2, 0) is 6.42 Å². The highest BCUT2D eigenvalue weighted by Crippen LogP contribution is 2.26. The quantitative estimate of drug-likeness (QED) is 0.769. The van der Waals surface area contributed by atoms with Crippen molar-refractivity contribution in [1.82, 2.24) is 5.32 Å². The molecular formula is C17H19BrClN. The maximum Gasteiger partial charge on any atom is 0.0420 e. The summed E-state index contributed by atoms with van der Waals surface area (Å²) in [7, 11) is 0. The normalized spacial score (nSPS) is 12.4. The molecule has 0 saturated heterocycles. The van der Waals surface area contributed by atoms with Crippen molar-refractivity contribution in [3.8, 4) is 0 Å². The standard InChI is InChI=1S/C17H19BrClN/c1-3-20-17(10-13-7-5-4-6-12(13)2)14-8-15(18)11-16(19)9-14/h4-9,11,17,20H,3,10H2,1-2H3. The molecule has 2 aromatic carbocycles. The number of rotatable bonds is 5. The second kappa shape index (κ2) is 7.26. The topological polar surface area (TPSA) is 12.0 Å². The van der Waals surface area contributed by atoms with Gasteiger partial charge in [-0.25, -0.2) is 0 Å². The molecule has 1 nitrogen and oxygen atoms in total. The van der Waals surface area contributed by atoms with Crippen molar-refractivity contribution >= 4 is 27.5 Å². The van der Waals surface area contributed by atoms with Crippen LogP contribution < -0.4 is 5.32 Å². The van der Waals surface area contributed by atoms with E-state index in [9.17, 15) is 0 Å². The molecule has 0 aliphatic heterocycles. The lowest BCUT2D eigenvalue weighted by molar-refractivity contribution is 0.548. The molecule has 3 heteroatoms. The number of likely N-dealkylation sites (N-methyl/N-ethyl adjacent to an activating group) is 1. The van der Waals surface area contributed by atoms with Gasteiger partial charge in [0.05, 0.1) is 0 Å². The van der Waals surface area contributed by atoms with Gasteiger partial charge in [-0.1, -0.05) is 58.7 Å². The Bertz CT molecular complexity index is 563. The number of hydrogen-bond donors (Lipinski definition) is 1. The fraction of sp³-hybridized carbons (Fsp3) is 0.294. The van der Waals surface area contributed by atoms with Crippen molar-refractivity contribution in [1.29, 1.82) is 0 Å². The van der Waals surface area contributed by atoms with Gasteiger partial charge < -0.3 is 5.32 Å². The molecule has 0 spiro atoms. The van der Waals surface area contributed by atoms with E-state index >= 15 is 0 Å². The average Bonchev–Trinajstić information content (AvgIpc) is 2.39. The zero-order valence-corrected chi connectivity index (χ0v) is 14.1. The zero-order valence-electron chi connectivity index (χ0n) is 11.8. The molecule has 0 heterocycles. The molecule has 106 valence electrons. The number of hydrogen-bond acceptors (Lipinski definition) is 1. The van der Waals surface area contributed by atoms with Crippen LogP contribution in [-0.4, -0.2) is 6.54 Å². The van der Waals surface area contributed by atoms with Crippen molar-refractivity contribution in [3.05, 3.63) is 68.7 Å². The van der Waals surface area contributed by atoms with Crippen LogP contribution in [0.3, 0.4) is 0 Å². The molecule has 20 heavy (non-hydrogen) atoms. The average molecular weight is 353 g/mol. The number of benzene rings is 2. The Hall–Kier alpha value is -0.830. The molecule has 1 unspecified atom stereocenters. The van der Waals surface area contributed by atoms with Crippen molar-refractivity contribution in [2.75, 3.05) is 6.54 Å². The molecule has 0 aliphatic carbocycles. The van der Waals surface area contributed by atoms with Gasteiger partial charge >= 0.3 is 0 Å². The highest BCUT2D eigenvalue weighted by atomic mass is 79.9. The van der Waals surface area contributed by atoms with E-state index in [1.54, 1.807) is 0 Å². The molecule has 0 bridgehead atoms. The van der Waals surface area contributed by atoms with Crippen molar-refractivity contribution in [2.24, 2.45) is 0 Å². The van der Waals surface area contributed by atoms with E-state index in [1.165, 1.54) is 16.7 Å². The number of nitrogens with one attached hydrogen (secondary N) is 1. The summed E-state index contributed by atoms with van der Waals surface area (Å²) in [5.74, 6) is 0. The largest absolute Gasteiger partial charge is 0.310 e. The molecule has 0 aromatic heterocycles. The van der Waals surface area contributed by atoms with Crippen LogP contribution in [0.15, 0.2) is 46.9 Å². The Kier molecular flexibility index (Phi) is 5.64. The van der Waals surface area contributed by atoms with Crippen LogP contribution in [0, 0.1) is 6.92 Å². The SMILES string of the molecule is CCNC(Cc1ccccc1C)c1cc(Cl)cc(Br)c1. The van der Waals surface area contributed by atoms with Crippen LogP contribution >= 0.6 is 27.5 Å². The maximum absolute atomic E-state index is 6.17. The van der Waals surface area contributed by atoms with Gasteiger partial charge in [0, 0.05) is 15.5 Å². The third kappa shape index (κ3) is 4.08. The third-order valence-electron chi connectivity index (χ3n) is 3.42. The molecule has 2 aromatic rings. The Morgan fingerprint density at radius 3 is 2.60 bits per heavy atom. The van der Waals surface area contributed by atoms with Gasteiger partial charge in [0.1, 0.15) is 0 Å². The smallest absolute Gasteiger partial charge is 0.0420 e. The third-order valence-corrected chi connectivity index (χ3v) is 4.10. The van der Waals surface area contributed by atoms with Gasteiger partial charge in [0.25, 0.3) is 0 Å². The van der Waals surface area contributed by atoms with Gasteiger partial charge in [-0.2, -0.15) is 0 Å². The van der Waals surface area contributed by atoms with Gasteiger partial charge in [-0.15, -0.1) is 0 Å². The fourth-order valence-corrected chi connectivity index (χ4v) is 3.28. The first-order chi connectivity index (χ1) is 9.60. The van der Waals surface area contributed by atoms with Crippen molar-refractivity contribution < 1.29 is 0 Å². The lowest BCUT2D eigenvalue weighted by Gasteiger charge is -2.20. The molecule has 2 rings (SSSR count). The summed E-state index contributed by atoms with van der Waals surface area (Å²) in [6.45, 7) is 5.22. The van der Waals surface area contributed by atoms with Crippen molar-refractivity contribution in [2.45, 2.75) is 26.3 Å². The Morgan fingerprint density at radius 2 is 1.95 bits per heavy atom. The Morgan fingerprint density at radius 1 is 1.20 bits per heavy atom. The van der Waals surface area contributed by atoms with E-state index in [1.807, 2.05) is 12.1 Å². The maximum atomic E-state index is 6.17. The molecule has 1 N–H and O–H groups in total. The summed E-state index contributed by atoms with van der Waals surface area (Å²) in [4.78, 5) is 0. The number of halogens is 2. The van der Waals surface area contributed by atoms with Crippen LogP contribution in [0.4, 0.5) is 0 Å². The lowest BCUT2D eigenvalue weighted by atomic mass is 9.96.